The van der Waals surface area contributed by atoms with E-state index < -0.39 is 0 Å². The lowest BCUT2D eigenvalue weighted by molar-refractivity contribution is -0.915. The fourth-order valence-electron chi connectivity index (χ4n) is 3.96. The van der Waals surface area contributed by atoms with Crippen molar-refractivity contribution in [1.82, 2.24) is 20.2 Å². The van der Waals surface area contributed by atoms with Crippen LogP contribution in [0.15, 0.2) is 42.5 Å². The Morgan fingerprint density at radius 2 is 1.83 bits per heavy atom. The van der Waals surface area contributed by atoms with Gasteiger partial charge >= 0.3 is 0 Å². The van der Waals surface area contributed by atoms with E-state index in [0.29, 0.717) is 6.54 Å². The number of nitrogens with one attached hydrogen (secondary N) is 1. The minimum Gasteiger partial charge on any atom is -0.497 e. The Hall–Kier alpha value is -3.33. The van der Waals surface area contributed by atoms with E-state index in [0.717, 1.165) is 61.4 Å². The lowest BCUT2D eigenvalue weighted by Crippen LogP contribution is -3.13. The number of tetrazole rings is 1. The fraction of sp³-hybridized carbons (Fsp3) is 0.381. The molecular weight excluding hydrogens is 384 g/mol. The minimum absolute atomic E-state index is 0.279. The second kappa shape index (κ2) is 8.19. The van der Waals surface area contributed by atoms with Gasteiger partial charge < -0.3 is 24.0 Å². The number of ether oxygens (including phenoxy) is 3. The normalized spacial score (nSPS) is 16.1. The van der Waals surface area contributed by atoms with E-state index in [2.05, 4.69) is 32.6 Å². The molecule has 0 atom stereocenters. The van der Waals surface area contributed by atoms with Crippen molar-refractivity contribution in [1.29, 1.82) is 0 Å². The van der Waals surface area contributed by atoms with E-state index in [1.165, 1.54) is 10.6 Å². The third-order valence-corrected chi connectivity index (χ3v) is 5.69. The van der Waals surface area contributed by atoms with Crippen molar-refractivity contribution in [3.63, 3.8) is 0 Å². The molecule has 9 nitrogen and oxygen atoms in total. The van der Waals surface area contributed by atoms with Crippen LogP contribution in [0.25, 0.3) is 0 Å². The quantitative estimate of drug-likeness (QED) is 0.630. The van der Waals surface area contributed by atoms with Gasteiger partial charge in [-0.1, -0.05) is 6.07 Å². The first kappa shape index (κ1) is 18.7. The Morgan fingerprint density at radius 1 is 1.03 bits per heavy atom. The van der Waals surface area contributed by atoms with Crippen molar-refractivity contribution in [2.75, 3.05) is 45.0 Å². The summed E-state index contributed by atoms with van der Waals surface area (Å²) in [7, 11) is 1.69. The van der Waals surface area contributed by atoms with Crippen molar-refractivity contribution in [2.24, 2.45) is 0 Å². The summed E-state index contributed by atoms with van der Waals surface area (Å²) >= 11 is 0. The standard InChI is InChI=1S/C21H24N6O3/c1-28-18-5-3-17(4-6-18)26-10-8-25(9-11-26)14-21-22-23-24-27(21)13-16-2-7-19-20(12-16)30-15-29-19/h2-7,12H,8-11,13-15H2,1H3/p+1. The Morgan fingerprint density at radius 3 is 2.63 bits per heavy atom. The average Bonchev–Trinajstić information content (AvgIpc) is 3.43. The molecule has 1 aromatic heterocycles. The van der Waals surface area contributed by atoms with Gasteiger partial charge in [-0.25, -0.2) is 4.68 Å². The van der Waals surface area contributed by atoms with Gasteiger partial charge in [-0.15, -0.1) is 5.10 Å². The molecule has 0 aliphatic carbocycles. The zero-order chi connectivity index (χ0) is 20.3. The number of methoxy groups -OCH3 is 1. The molecule has 30 heavy (non-hydrogen) atoms. The number of hydrogen-bond donors (Lipinski definition) is 1. The first-order valence-electron chi connectivity index (χ1n) is 10.1. The molecule has 1 fully saturated rings. The number of piperazine rings is 1. The zero-order valence-corrected chi connectivity index (χ0v) is 17.0. The van der Waals surface area contributed by atoms with Crippen LogP contribution in [0.5, 0.6) is 17.2 Å². The van der Waals surface area contributed by atoms with Gasteiger partial charge in [0.25, 0.3) is 0 Å². The number of aromatic nitrogens is 4. The van der Waals surface area contributed by atoms with Gasteiger partial charge in [-0.3, -0.25) is 0 Å². The summed E-state index contributed by atoms with van der Waals surface area (Å²) in [5.74, 6) is 3.36. The summed E-state index contributed by atoms with van der Waals surface area (Å²) in [5.41, 5.74) is 2.33. The minimum atomic E-state index is 0.279. The number of nitrogens with zero attached hydrogens (tertiary/aromatic N) is 5. The molecule has 3 aromatic rings. The monoisotopic (exact) mass is 409 g/mol. The summed E-state index contributed by atoms with van der Waals surface area (Å²) in [6.07, 6.45) is 0. The first-order chi connectivity index (χ1) is 14.8. The smallest absolute Gasteiger partial charge is 0.231 e. The van der Waals surface area contributed by atoms with Gasteiger partial charge in [-0.05, 0) is 52.4 Å². The molecule has 0 radical (unpaired) electrons. The van der Waals surface area contributed by atoms with Crippen LogP contribution in [-0.4, -0.2) is 60.3 Å². The van der Waals surface area contributed by atoms with Crippen LogP contribution in [0.3, 0.4) is 0 Å². The topological polar surface area (TPSA) is 79.0 Å². The van der Waals surface area contributed by atoms with Crippen LogP contribution in [-0.2, 0) is 13.1 Å². The van der Waals surface area contributed by atoms with Gasteiger partial charge in [0.05, 0.1) is 39.8 Å². The fourth-order valence-corrected chi connectivity index (χ4v) is 3.96. The molecular formula is C21H25N6O3+. The summed E-state index contributed by atoms with van der Waals surface area (Å²) < 4.78 is 18.0. The summed E-state index contributed by atoms with van der Waals surface area (Å²) in [4.78, 5) is 3.90. The molecule has 2 aliphatic rings. The van der Waals surface area contributed by atoms with Crippen LogP contribution in [0.4, 0.5) is 5.69 Å². The molecule has 5 rings (SSSR count). The molecule has 0 unspecified atom stereocenters. The first-order valence-corrected chi connectivity index (χ1v) is 10.1. The maximum Gasteiger partial charge on any atom is 0.231 e. The molecule has 9 heteroatoms. The highest BCUT2D eigenvalue weighted by molar-refractivity contribution is 5.49. The SMILES string of the molecule is COc1ccc(N2CC[NH+](Cc3nnnn3Cc3ccc4c(c3)OCO4)CC2)cc1. The summed E-state index contributed by atoms with van der Waals surface area (Å²) in [6.45, 7) is 5.81. The van der Waals surface area contributed by atoms with Gasteiger partial charge in [0.15, 0.2) is 11.5 Å². The largest absolute Gasteiger partial charge is 0.497 e. The van der Waals surface area contributed by atoms with E-state index in [-0.39, 0.29) is 6.79 Å². The maximum absolute atomic E-state index is 5.47. The van der Waals surface area contributed by atoms with Crippen LogP contribution < -0.4 is 24.0 Å². The van der Waals surface area contributed by atoms with Crippen molar-refractivity contribution >= 4 is 5.69 Å². The Balaban J connectivity index is 1.19. The lowest BCUT2D eigenvalue weighted by Gasteiger charge is -2.33. The summed E-state index contributed by atoms with van der Waals surface area (Å²) in [6, 6.07) is 14.2. The third-order valence-electron chi connectivity index (χ3n) is 5.69. The number of rotatable bonds is 6. The number of hydrogen-bond acceptors (Lipinski definition) is 7. The van der Waals surface area contributed by atoms with Crippen LogP contribution in [0.2, 0.25) is 0 Å². The van der Waals surface area contributed by atoms with Crippen LogP contribution in [0.1, 0.15) is 11.4 Å². The van der Waals surface area contributed by atoms with E-state index in [1.54, 1.807) is 7.11 Å². The second-order valence-corrected chi connectivity index (χ2v) is 7.55. The Labute approximate surface area is 174 Å². The van der Waals surface area contributed by atoms with Gasteiger partial charge in [-0.2, -0.15) is 0 Å². The van der Waals surface area contributed by atoms with Crippen LogP contribution in [0, 0.1) is 0 Å². The number of benzene rings is 2. The maximum atomic E-state index is 5.47. The molecule has 0 spiro atoms. The molecule has 2 aromatic carbocycles. The number of quaternary nitrogens is 1. The highest BCUT2D eigenvalue weighted by atomic mass is 16.7. The van der Waals surface area contributed by atoms with Crippen molar-refractivity contribution in [3.05, 3.63) is 53.9 Å². The van der Waals surface area contributed by atoms with Crippen molar-refractivity contribution in [2.45, 2.75) is 13.1 Å². The Kier molecular flexibility index (Phi) is 5.10. The van der Waals surface area contributed by atoms with Gasteiger partial charge in [0.2, 0.25) is 12.6 Å². The molecule has 1 N–H and O–H groups in total. The number of fused-ring (bicyclic) bond motifs is 1. The van der Waals surface area contributed by atoms with E-state index in [4.69, 9.17) is 14.2 Å². The zero-order valence-electron chi connectivity index (χ0n) is 17.0. The third kappa shape index (κ3) is 3.88. The lowest BCUT2D eigenvalue weighted by atomic mass is 10.2. The van der Waals surface area contributed by atoms with E-state index in [9.17, 15) is 0 Å². The predicted molar refractivity (Wildman–Crippen MR) is 109 cm³/mol. The van der Waals surface area contributed by atoms with E-state index >= 15 is 0 Å². The molecule has 3 heterocycles. The molecule has 0 bridgehead atoms. The highest BCUT2D eigenvalue weighted by Crippen LogP contribution is 2.32. The molecule has 156 valence electrons. The average molecular weight is 409 g/mol. The van der Waals surface area contributed by atoms with Crippen LogP contribution >= 0.6 is 0 Å². The predicted octanol–water partition coefficient (Wildman–Crippen LogP) is 0.364. The molecule has 0 amide bonds. The van der Waals surface area contributed by atoms with Gasteiger partial charge in [0.1, 0.15) is 12.3 Å². The Bertz CT molecular complexity index is 998. The highest BCUT2D eigenvalue weighted by Gasteiger charge is 2.23. The molecule has 2 aliphatic heterocycles. The van der Waals surface area contributed by atoms with Gasteiger partial charge in [0, 0.05) is 5.69 Å². The van der Waals surface area contributed by atoms with Crippen molar-refractivity contribution in [3.8, 4) is 17.2 Å². The molecule has 0 saturated carbocycles. The second-order valence-electron chi connectivity index (χ2n) is 7.55. The molecule has 1 saturated heterocycles. The van der Waals surface area contributed by atoms with Crippen molar-refractivity contribution < 1.29 is 19.1 Å². The van der Waals surface area contributed by atoms with E-state index in [1.807, 2.05) is 35.0 Å². The summed E-state index contributed by atoms with van der Waals surface area (Å²) in [5, 5.41) is 12.4. The number of anilines is 1.